The lowest BCUT2D eigenvalue weighted by molar-refractivity contribution is -0.114. The molecule has 1 aromatic heterocycles. The summed E-state index contributed by atoms with van der Waals surface area (Å²) >= 11 is 1.14. The minimum Gasteiger partial charge on any atom is -0.383 e. The number of carbonyl (C=O) groups is 1. The first-order chi connectivity index (χ1) is 7.58. The Bertz CT molecular complexity index is 513. The van der Waals surface area contributed by atoms with Crippen LogP contribution < -0.4 is 5.73 Å². The van der Waals surface area contributed by atoms with Gasteiger partial charge in [-0.2, -0.15) is 10.5 Å². The maximum Gasteiger partial charge on any atom is 0.142 e. The van der Waals surface area contributed by atoms with Gasteiger partial charge in [0.2, 0.25) is 0 Å². The Hall–Kier alpha value is -2.05. The van der Waals surface area contributed by atoms with Crippen molar-refractivity contribution in [1.82, 2.24) is 4.98 Å². The van der Waals surface area contributed by atoms with Crippen LogP contribution in [0, 0.1) is 22.7 Å². The average molecular weight is 232 g/mol. The summed E-state index contributed by atoms with van der Waals surface area (Å²) in [6.45, 7) is 1.45. The molecule has 0 amide bonds. The predicted octanol–water partition coefficient (Wildman–Crippen LogP) is 1.09. The molecule has 0 spiro atoms. The fourth-order valence-corrected chi connectivity index (χ4v) is 1.72. The molecule has 0 aromatic carbocycles. The molecule has 0 radical (unpaired) electrons. The predicted molar refractivity (Wildman–Crippen MR) is 59.5 cm³/mol. The lowest BCUT2D eigenvalue weighted by Crippen LogP contribution is -2.01. The van der Waals surface area contributed by atoms with Gasteiger partial charge in [0.25, 0.3) is 0 Å². The number of pyridine rings is 1. The summed E-state index contributed by atoms with van der Waals surface area (Å²) in [5, 5.41) is 17.9. The largest absolute Gasteiger partial charge is 0.383 e. The van der Waals surface area contributed by atoms with Gasteiger partial charge in [0, 0.05) is 0 Å². The molecule has 80 valence electrons. The number of hydrogen-bond acceptors (Lipinski definition) is 6. The van der Waals surface area contributed by atoms with Gasteiger partial charge in [-0.05, 0) is 13.0 Å². The van der Waals surface area contributed by atoms with E-state index < -0.39 is 0 Å². The van der Waals surface area contributed by atoms with Crippen molar-refractivity contribution >= 4 is 23.4 Å². The van der Waals surface area contributed by atoms with Gasteiger partial charge in [-0.3, -0.25) is 4.79 Å². The van der Waals surface area contributed by atoms with E-state index in [9.17, 15) is 4.79 Å². The fourth-order valence-electron chi connectivity index (χ4n) is 0.960. The molecular formula is C10H8N4OS. The number of anilines is 1. The van der Waals surface area contributed by atoms with Crippen LogP contribution in [0.25, 0.3) is 0 Å². The molecule has 5 nitrogen and oxygen atoms in total. The summed E-state index contributed by atoms with van der Waals surface area (Å²) in [5.74, 6) is 0.290. The van der Waals surface area contributed by atoms with Crippen LogP contribution in [0.15, 0.2) is 11.1 Å². The quantitative estimate of drug-likeness (QED) is 0.782. The van der Waals surface area contributed by atoms with Crippen molar-refractivity contribution < 1.29 is 4.79 Å². The van der Waals surface area contributed by atoms with Crippen LogP contribution in [0.3, 0.4) is 0 Å². The van der Waals surface area contributed by atoms with Gasteiger partial charge in [0.1, 0.15) is 28.8 Å². The van der Waals surface area contributed by atoms with Crippen molar-refractivity contribution in [3.63, 3.8) is 0 Å². The molecule has 0 fully saturated rings. The van der Waals surface area contributed by atoms with E-state index in [0.29, 0.717) is 5.03 Å². The number of hydrogen-bond donors (Lipinski definition) is 1. The van der Waals surface area contributed by atoms with E-state index in [4.69, 9.17) is 16.3 Å². The topological polar surface area (TPSA) is 104 Å². The van der Waals surface area contributed by atoms with Crippen molar-refractivity contribution in [3.05, 3.63) is 17.2 Å². The van der Waals surface area contributed by atoms with E-state index >= 15 is 0 Å². The molecule has 0 atom stereocenters. The van der Waals surface area contributed by atoms with Gasteiger partial charge in [0.05, 0.1) is 16.9 Å². The van der Waals surface area contributed by atoms with Crippen molar-refractivity contribution in [3.8, 4) is 12.1 Å². The molecule has 0 aliphatic rings. The third-order valence-electron chi connectivity index (χ3n) is 1.67. The molecule has 0 saturated heterocycles. The van der Waals surface area contributed by atoms with Crippen molar-refractivity contribution in [2.75, 3.05) is 11.5 Å². The Kier molecular flexibility index (Phi) is 3.87. The van der Waals surface area contributed by atoms with Gasteiger partial charge in [0.15, 0.2) is 0 Å². The van der Waals surface area contributed by atoms with E-state index in [0.717, 1.165) is 11.8 Å². The van der Waals surface area contributed by atoms with Gasteiger partial charge >= 0.3 is 0 Å². The first kappa shape index (κ1) is 12.0. The molecule has 1 rings (SSSR count). The molecule has 0 aliphatic carbocycles. The van der Waals surface area contributed by atoms with E-state index in [1.54, 1.807) is 0 Å². The molecule has 0 saturated carbocycles. The maximum absolute atomic E-state index is 10.8. The van der Waals surface area contributed by atoms with Crippen LogP contribution in [0.1, 0.15) is 18.1 Å². The molecule has 0 bridgehead atoms. The molecule has 0 unspecified atom stereocenters. The van der Waals surface area contributed by atoms with Crippen LogP contribution in [-0.4, -0.2) is 16.5 Å². The lowest BCUT2D eigenvalue weighted by atomic mass is 10.2. The normalized spacial score (nSPS) is 9.19. The highest BCUT2D eigenvalue weighted by atomic mass is 32.2. The summed E-state index contributed by atoms with van der Waals surface area (Å²) in [4.78, 5) is 14.7. The van der Waals surface area contributed by atoms with Gasteiger partial charge < -0.3 is 5.73 Å². The Labute approximate surface area is 96.9 Å². The van der Waals surface area contributed by atoms with Crippen LogP contribution in [0.4, 0.5) is 5.82 Å². The number of carbonyl (C=O) groups excluding carboxylic acids is 1. The molecule has 2 N–H and O–H groups in total. The number of nitrogens with zero attached hydrogens (tertiary/aromatic N) is 3. The van der Waals surface area contributed by atoms with Gasteiger partial charge in [-0.15, -0.1) is 0 Å². The Balaban J connectivity index is 3.11. The standard InChI is InChI=1S/C10H8N4OS/c1-6(15)5-16-10-8(4-12)2-7(3-11)9(13)14-10/h2H,5H2,1H3,(H2,13,14). The molecular weight excluding hydrogens is 224 g/mol. The molecule has 1 aromatic rings. The highest BCUT2D eigenvalue weighted by Gasteiger charge is 2.10. The minimum absolute atomic E-state index is 0.0152. The van der Waals surface area contributed by atoms with Crippen LogP contribution in [0.5, 0.6) is 0 Å². The second kappa shape index (κ2) is 5.15. The second-order valence-corrected chi connectivity index (χ2v) is 3.95. The zero-order valence-electron chi connectivity index (χ0n) is 8.52. The summed E-state index contributed by atoms with van der Waals surface area (Å²) < 4.78 is 0. The second-order valence-electron chi connectivity index (χ2n) is 2.99. The van der Waals surface area contributed by atoms with E-state index in [-0.39, 0.29) is 28.5 Å². The molecule has 16 heavy (non-hydrogen) atoms. The molecule has 1 heterocycles. The van der Waals surface area contributed by atoms with E-state index in [1.165, 1.54) is 13.0 Å². The van der Waals surface area contributed by atoms with Crippen LogP contribution in [-0.2, 0) is 4.79 Å². The highest BCUT2D eigenvalue weighted by molar-refractivity contribution is 8.00. The van der Waals surface area contributed by atoms with Crippen LogP contribution in [0.2, 0.25) is 0 Å². The summed E-state index contributed by atoms with van der Waals surface area (Å²) in [7, 11) is 0. The number of nitrogens with two attached hydrogens (primary N) is 1. The number of thioether (sulfide) groups is 1. The van der Waals surface area contributed by atoms with Crippen molar-refractivity contribution in [1.29, 1.82) is 10.5 Å². The summed E-state index contributed by atoms with van der Waals surface area (Å²) in [5.41, 5.74) is 5.95. The number of aromatic nitrogens is 1. The zero-order valence-corrected chi connectivity index (χ0v) is 9.34. The lowest BCUT2D eigenvalue weighted by Gasteiger charge is -2.03. The number of nitrogen functional groups attached to an aromatic ring is 1. The summed E-state index contributed by atoms with van der Waals surface area (Å²) in [6, 6.07) is 5.15. The SMILES string of the molecule is CC(=O)CSc1nc(N)c(C#N)cc1C#N. The third-order valence-corrected chi connectivity index (χ3v) is 2.81. The van der Waals surface area contributed by atoms with E-state index in [1.807, 2.05) is 12.1 Å². The van der Waals surface area contributed by atoms with Crippen molar-refractivity contribution in [2.45, 2.75) is 11.9 Å². The van der Waals surface area contributed by atoms with Gasteiger partial charge in [-0.25, -0.2) is 4.98 Å². The number of ketones is 1. The molecule has 6 heteroatoms. The third kappa shape index (κ3) is 2.72. The first-order valence-corrected chi connectivity index (χ1v) is 5.30. The number of Topliss-reactive ketones (excluding diaryl/α,β-unsaturated/α-hetero) is 1. The molecule has 0 aliphatic heterocycles. The summed E-state index contributed by atoms with van der Waals surface area (Å²) in [6.07, 6.45) is 0. The monoisotopic (exact) mass is 232 g/mol. The Morgan fingerprint density at radius 1 is 1.50 bits per heavy atom. The number of rotatable bonds is 3. The van der Waals surface area contributed by atoms with E-state index in [2.05, 4.69) is 4.98 Å². The van der Waals surface area contributed by atoms with Crippen LogP contribution >= 0.6 is 11.8 Å². The smallest absolute Gasteiger partial charge is 0.142 e. The first-order valence-electron chi connectivity index (χ1n) is 4.31. The van der Waals surface area contributed by atoms with Gasteiger partial charge in [-0.1, -0.05) is 11.8 Å². The minimum atomic E-state index is -0.0152. The maximum atomic E-state index is 10.8. The Morgan fingerprint density at radius 2 is 2.12 bits per heavy atom. The zero-order chi connectivity index (χ0) is 12.1. The fraction of sp³-hybridized carbons (Fsp3) is 0.200. The Morgan fingerprint density at radius 3 is 2.62 bits per heavy atom. The average Bonchev–Trinajstić information content (AvgIpc) is 2.26. The highest BCUT2D eigenvalue weighted by Crippen LogP contribution is 2.23. The number of nitriles is 2. The van der Waals surface area contributed by atoms with Crippen molar-refractivity contribution in [2.24, 2.45) is 0 Å².